The molecular weight excluding hydrogens is 320 g/mol. The number of likely N-dealkylation sites (tertiary alicyclic amines) is 1. The molecule has 0 saturated carbocycles. The van der Waals surface area contributed by atoms with Crippen LogP contribution >= 0.6 is 0 Å². The molecule has 2 saturated heterocycles. The second-order valence-electron chi connectivity index (χ2n) is 6.68. The van der Waals surface area contributed by atoms with Gasteiger partial charge in [0.1, 0.15) is 0 Å². The van der Waals surface area contributed by atoms with E-state index < -0.39 is 0 Å². The van der Waals surface area contributed by atoms with Crippen LogP contribution in [-0.2, 0) is 16.1 Å². The van der Waals surface area contributed by atoms with Gasteiger partial charge in [0.15, 0.2) is 11.5 Å². The lowest BCUT2D eigenvalue weighted by molar-refractivity contribution is -0.141. The zero-order valence-electron chi connectivity index (χ0n) is 15.2. The molecule has 0 radical (unpaired) electrons. The first-order chi connectivity index (χ1) is 12.2. The molecule has 2 aliphatic heterocycles. The lowest BCUT2D eigenvalue weighted by Crippen LogP contribution is -2.46. The Morgan fingerprint density at radius 3 is 2.40 bits per heavy atom. The lowest BCUT2D eigenvalue weighted by Gasteiger charge is -2.35. The molecule has 0 N–H and O–H groups in total. The van der Waals surface area contributed by atoms with Crippen molar-refractivity contribution < 1.29 is 19.0 Å². The largest absolute Gasteiger partial charge is 0.493 e. The molecule has 1 aromatic rings. The van der Waals surface area contributed by atoms with Crippen LogP contribution in [0.2, 0.25) is 0 Å². The predicted octanol–water partition coefficient (Wildman–Crippen LogP) is 1.77. The summed E-state index contributed by atoms with van der Waals surface area (Å²) >= 11 is 0. The molecule has 0 atom stereocenters. The Labute approximate surface area is 149 Å². The van der Waals surface area contributed by atoms with E-state index in [2.05, 4.69) is 11.0 Å². The zero-order valence-corrected chi connectivity index (χ0v) is 15.2. The maximum Gasteiger partial charge on any atom is 0.225 e. The number of methoxy groups -OCH3 is 2. The summed E-state index contributed by atoms with van der Waals surface area (Å²) in [5.41, 5.74) is 1.20. The van der Waals surface area contributed by atoms with Crippen molar-refractivity contribution in [1.82, 2.24) is 9.80 Å². The van der Waals surface area contributed by atoms with E-state index in [-0.39, 0.29) is 5.92 Å². The molecular formula is C19H28N2O4. The van der Waals surface area contributed by atoms with Gasteiger partial charge in [-0.2, -0.15) is 0 Å². The molecule has 138 valence electrons. The summed E-state index contributed by atoms with van der Waals surface area (Å²) in [4.78, 5) is 17.0. The van der Waals surface area contributed by atoms with Gasteiger partial charge < -0.3 is 19.1 Å². The molecule has 2 aliphatic rings. The highest BCUT2D eigenvalue weighted by molar-refractivity contribution is 5.79. The van der Waals surface area contributed by atoms with Crippen LogP contribution in [0.4, 0.5) is 0 Å². The van der Waals surface area contributed by atoms with Crippen molar-refractivity contribution in [2.24, 2.45) is 5.92 Å². The summed E-state index contributed by atoms with van der Waals surface area (Å²) in [7, 11) is 3.30. The normalized spacial score (nSPS) is 19.7. The molecule has 0 unspecified atom stereocenters. The van der Waals surface area contributed by atoms with Crippen molar-refractivity contribution >= 4 is 5.91 Å². The fourth-order valence-electron chi connectivity index (χ4n) is 3.62. The topological polar surface area (TPSA) is 51.2 Å². The number of piperidine rings is 1. The van der Waals surface area contributed by atoms with Gasteiger partial charge in [0, 0.05) is 25.6 Å². The second-order valence-corrected chi connectivity index (χ2v) is 6.68. The van der Waals surface area contributed by atoms with Gasteiger partial charge in [-0.15, -0.1) is 0 Å². The average molecular weight is 348 g/mol. The molecule has 2 heterocycles. The standard InChI is InChI=1S/C19H28N2O4/c1-23-17-4-3-15(13-18(17)24-2)14-20-7-5-16(6-8-20)19(22)21-9-11-25-12-10-21/h3-4,13,16H,5-12,14H2,1-2H3. The van der Waals surface area contributed by atoms with Crippen LogP contribution < -0.4 is 9.47 Å². The average Bonchev–Trinajstić information content (AvgIpc) is 2.68. The van der Waals surface area contributed by atoms with Crippen molar-refractivity contribution in [3.05, 3.63) is 23.8 Å². The summed E-state index contributed by atoms with van der Waals surface area (Å²) in [5.74, 6) is 1.99. The number of carbonyl (C=O) groups excluding carboxylic acids is 1. The molecule has 0 spiro atoms. The summed E-state index contributed by atoms with van der Waals surface area (Å²) in [6, 6.07) is 6.05. The molecule has 6 heteroatoms. The highest BCUT2D eigenvalue weighted by atomic mass is 16.5. The van der Waals surface area contributed by atoms with Gasteiger partial charge >= 0.3 is 0 Å². The van der Waals surface area contributed by atoms with Gasteiger partial charge in [-0.1, -0.05) is 6.07 Å². The van der Waals surface area contributed by atoms with E-state index >= 15 is 0 Å². The fraction of sp³-hybridized carbons (Fsp3) is 0.632. The van der Waals surface area contributed by atoms with Gasteiger partial charge in [0.2, 0.25) is 5.91 Å². The number of hydrogen-bond acceptors (Lipinski definition) is 5. The summed E-state index contributed by atoms with van der Waals surface area (Å²) in [6.07, 6.45) is 1.87. The lowest BCUT2D eigenvalue weighted by atomic mass is 9.94. The number of carbonyl (C=O) groups is 1. The minimum absolute atomic E-state index is 0.166. The number of benzene rings is 1. The van der Waals surface area contributed by atoms with E-state index in [1.165, 1.54) is 5.56 Å². The van der Waals surface area contributed by atoms with E-state index in [9.17, 15) is 4.79 Å². The number of nitrogens with zero attached hydrogens (tertiary/aromatic N) is 2. The molecule has 2 fully saturated rings. The maximum atomic E-state index is 12.6. The third-order valence-corrected chi connectivity index (χ3v) is 5.11. The van der Waals surface area contributed by atoms with E-state index in [1.54, 1.807) is 14.2 Å². The third-order valence-electron chi connectivity index (χ3n) is 5.11. The number of amides is 1. The smallest absolute Gasteiger partial charge is 0.225 e. The molecule has 3 rings (SSSR count). The summed E-state index contributed by atoms with van der Waals surface area (Å²) in [5, 5.41) is 0. The number of rotatable bonds is 5. The van der Waals surface area contributed by atoms with Crippen molar-refractivity contribution in [2.75, 3.05) is 53.6 Å². The first-order valence-corrected chi connectivity index (χ1v) is 9.01. The molecule has 25 heavy (non-hydrogen) atoms. The van der Waals surface area contributed by atoms with Crippen molar-refractivity contribution in [2.45, 2.75) is 19.4 Å². The second kappa shape index (κ2) is 8.54. The van der Waals surface area contributed by atoms with Gasteiger partial charge in [0.05, 0.1) is 27.4 Å². The van der Waals surface area contributed by atoms with E-state index in [0.29, 0.717) is 19.1 Å². The van der Waals surface area contributed by atoms with Crippen LogP contribution in [0.3, 0.4) is 0 Å². The number of ether oxygens (including phenoxy) is 3. The Hall–Kier alpha value is -1.79. The first kappa shape index (κ1) is 18.0. The van der Waals surface area contributed by atoms with Crippen molar-refractivity contribution in [3.8, 4) is 11.5 Å². The monoisotopic (exact) mass is 348 g/mol. The number of morpholine rings is 1. The summed E-state index contributed by atoms with van der Waals surface area (Å²) in [6.45, 7) is 5.60. The van der Waals surface area contributed by atoms with E-state index in [0.717, 1.165) is 57.1 Å². The summed E-state index contributed by atoms with van der Waals surface area (Å²) < 4.78 is 16.0. The van der Waals surface area contributed by atoms with Crippen LogP contribution in [0.5, 0.6) is 11.5 Å². The van der Waals surface area contributed by atoms with Crippen LogP contribution in [-0.4, -0.2) is 69.3 Å². The number of hydrogen-bond donors (Lipinski definition) is 0. The van der Waals surface area contributed by atoms with Crippen LogP contribution in [0, 0.1) is 5.92 Å². The SMILES string of the molecule is COc1ccc(CN2CCC(C(=O)N3CCOCC3)CC2)cc1OC. The minimum Gasteiger partial charge on any atom is -0.493 e. The van der Waals surface area contributed by atoms with Crippen molar-refractivity contribution in [3.63, 3.8) is 0 Å². The highest BCUT2D eigenvalue weighted by Crippen LogP contribution is 2.29. The molecule has 1 amide bonds. The van der Waals surface area contributed by atoms with Crippen LogP contribution in [0.25, 0.3) is 0 Å². The van der Waals surface area contributed by atoms with E-state index in [4.69, 9.17) is 14.2 Å². The van der Waals surface area contributed by atoms with Gasteiger partial charge in [-0.05, 0) is 43.6 Å². The van der Waals surface area contributed by atoms with Crippen molar-refractivity contribution in [1.29, 1.82) is 0 Å². The Bertz CT molecular complexity index is 579. The van der Waals surface area contributed by atoms with Gasteiger partial charge in [-0.25, -0.2) is 0 Å². The Kier molecular flexibility index (Phi) is 6.15. The molecule has 1 aromatic carbocycles. The fourth-order valence-corrected chi connectivity index (χ4v) is 3.62. The predicted molar refractivity (Wildman–Crippen MR) is 94.9 cm³/mol. The zero-order chi connectivity index (χ0) is 17.6. The first-order valence-electron chi connectivity index (χ1n) is 9.01. The highest BCUT2D eigenvalue weighted by Gasteiger charge is 2.29. The maximum absolute atomic E-state index is 12.6. The Balaban J connectivity index is 1.51. The van der Waals surface area contributed by atoms with E-state index in [1.807, 2.05) is 17.0 Å². The van der Waals surface area contributed by atoms with Crippen LogP contribution in [0.1, 0.15) is 18.4 Å². The Morgan fingerprint density at radius 2 is 1.76 bits per heavy atom. The van der Waals surface area contributed by atoms with Crippen LogP contribution in [0.15, 0.2) is 18.2 Å². The molecule has 6 nitrogen and oxygen atoms in total. The Morgan fingerprint density at radius 1 is 1.08 bits per heavy atom. The quantitative estimate of drug-likeness (QED) is 0.812. The minimum atomic E-state index is 0.166. The molecule has 0 aromatic heterocycles. The third kappa shape index (κ3) is 4.44. The molecule has 0 bridgehead atoms. The van der Waals surface area contributed by atoms with Gasteiger partial charge in [0.25, 0.3) is 0 Å². The van der Waals surface area contributed by atoms with Gasteiger partial charge in [-0.3, -0.25) is 9.69 Å². The molecule has 0 aliphatic carbocycles.